The topological polar surface area (TPSA) is 67.1 Å². The molecule has 1 aliphatic heterocycles. The zero-order valence-corrected chi connectivity index (χ0v) is 8.63. The van der Waals surface area contributed by atoms with Gasteiger partial charge in [-0.05, 0) is 6.92 Å². The molecule has 0 aromatic carbocycles. The molecule has 15 heavy (non-hydrogen) atoms. The van der Waals surface area contributed by atoms with Gasteiger partial charge in [0.05, 0.1) is 5.69 Å². The van der Waals surface area contributed by atoms with Gasteiger partial charge in [-0.15, -0.1) is 0 Å². The maximum atomic E-state index is 13.7. The number of aryl methyl sites for hydroxylation is 1. The lowest BCUT2D eigenvalue weighted by molar-refractivity contribution is 0.552. The highest BCUT2D eigenvalue weighted by Gasteiger charge is 2.18. The van der Waals surface area contributed by atoms with E-state index in [1.807, 2.05) is 4.90 Å². The number of nitrogens with one attached hydrogen (secondary N) is 1. The van der Waals surface area contributed by atoms with E-state index >= 15 is 0 Å². The summed E-state index contributed by atoms with van der Waals surface area (Å²) in [7, 11) is 0. The first-order chi connectivity index (χ1) is 7.18. The van der Waals surface area contributed by atoms with Crippen molar-refractivity contribution in [3.8, 4) is 0 Å². The van der Waals surface area contributed by atoms with Crippen molar-refractivity contribution in [1.29, 1.82) is 0 Å². The van der Waals surface area contributed by atoms with Gasteiger partial charge in [0, 0.05) is 26.2 Å². The minimum atomic E-state index is -0.369. The quantitative estimate of drug-likeness (QED) is 0.680. The van der Waals surface area contributed by atoms with Gasteiger partial charge in [0.15, 0.2) is 11.6 Å². The van der Waals surface area contributed by atoms with Gasteiger partial charge < -0.3 is 16.0 Å². The molecule has 1 aromatic rings. The summed E-state index contributed by atoms with van der Waals surface area (Å²) in [6.45, 7) is 4.75. The third kappa shape index (κ3) is 1.99. The first-order valence-electron chi connectivity index (χ1n) is 4.94. The Kier molecular flexibility index (Phi) is 2.68. The highest BCUT2D eigenvalue weighted by Crippen LogP contribution is 2.19. The molecule has 0 unspecified atom stereocenters. The fourth-order valence-corrected chi connectivity index (χ4v) is 1.65. The molecule has 0 radical (unpaired) electrons. The summed E-state index contributed by atoms with van der Waals surface area (Å²) in [4.78, 5) is 9.61. The van der Waals surface area contributed by atoms with Gasteiger partial charge in [0.2, 0.25) is 5.95 Å². The van der Waals surface area contributed by atoms with E-state index in [4.69, 9.17) is 5.73 Å². The van der Waals surface area contributed by atoms with Crippen molar-refractivity contribution in [3.63, 3.8) is 0 Å². The van der Waals surface area contributed by atoms with E-state index in [-0.39, 0.29) is 11.8 Å². The lowest BCUT2D eigenvalue weighted by Crippen LogP contribution is -2.44. The summed E-state index contributed by atoms with van der Waals surface area (Å²) in [6.07, 6.45) is 0. The highest BCUT2D eigenvalue weighted by atomic mass is 19.1. The van der Waals surface area contributed by atoms with Crippen LogP contribution < -0.4 is 16.0 Å². The van der Waals surface area contributed by atoms with E-state index in [2.05, 4.69) is 15.3 Å². The Hall–Kier alpha value is -1.43. The van der Waals surface area contributed by atoms with E-state index in [1.165, 1.54) is 0 Å². The lowest BCUT2D eigenvalue weighted by atomic mass is 10.3. The molecule has 2 heterocycles. The zero-order chi connectivity index (χ0) is 10.8. The van der Waals surface area contributed by atoms with Crippen LogP contribution in [0.25, 0.3) is 0 Å². The van der Waals surface area contributed by atoms with Crippen molar-refractivity contribution in [2.45, 2.75) is 6.92 Å². The molecule has 1 saturated heterocycles. The third-order valence-corrected chi connectivity index (χ3v) is 2.43. The van der Waals surface area contributed by atoms with E-state index in [0.29, 0.717) is 11.5 Å². The Morgan fingerprint density at radius 2 is 2.00 bits per heavy atom. The SMILES string of the molecule is Cc1nc(N)nc(N2CCNCC2)c1F. The zero-order valence-electron chi connectivity index (χ0n) is 8.63. The summed E-state index contributed by atoms with van der Waals surface area (Å²) in [5, 5.41) is 3.19. The number of nitrogen functional groups attached to an aromatic ring is 1. The van der Waals surface area contributed by atoms with Crippen LogP contribution in [0, 0.1) is 12.7 Å². The van der Waals surface area contributed by atoms with E-state index in [0.717, 1.165) is 26.2 Å². The van der Waals surface area contributed by atoms with Crippen LogP contribution in [0.1, 0.15) is 5.69 Å². The maximum Gasteiger partial charge on any atom is 0.222 e. The molecule has 0 bridgehead atoms. The average Bonchev–Trinajstić information content (AvgIpc) is 2.24. The molecular weight excluding hydrogens is 197 g/mol. The molecule has 0 atom stereocenters. The molecule has 5 nitrogen and oxygen atoms in total. The van der Waals surface area contributed by atoms with Crippen LogP contribution >= 0.6 is 0 Å². The number of anilines is 2. The van der Waals surface area contributed by atoms with Gasteiger partial charge in [-0.1, -0.05) is 0 Å². The number of hydrogen-bond acceptors (Lipinski definition) is 5. The van der Waals surface area contributed by atoms with Gasteiger partial charge in [0.1, 0.15) is 0 Å². The minimum Gasteiger partial charge on any atom is -0.368 e. The maximum absolute atomic E-state index is 13.7. The second-order valence-electron chi connectivity index (χ2n) is 3.54. The second-order valence-corrected chi connectivity index (χ2v) is 3.54. The monoisotopic (exact) mass is 211 g/mol. The van der Waals surface area contributed by atoms with Crippen LogP contribution in [0.4, 0.5) is 16.2 Å². The van der Waals surface area contributed by atoms with Crippen molar-refractivity contribution in [3.05, 3.63) is 11.5 Å². The fourth-order valence-electron chi connectivity index (χ4n) is 1.65. The van der Waals surface area contributed by atoms with Gasteiger partial charge in [-0.25, -0.2) is 9.37 Å². The highest BCUT2D eigenvalue weighted by molar-refractivity contribution is 5.45. The molecule has 1 aliphatic rings. The molecule has 0 aliphatic carbocycles. The Labute approximate surface area is 87.5 Å². The standard InChI is InChI=1S/C9H14FN5/c1-6-7(10)8(14-9(11)13-6)15-4-2-12-3-5-15/h12H,2-5H2,1H3,(H2,11,13,14). The molecule has 0 amide bonds. The average molecular weight is 211 g/mol. The molecule has 3 N–H and O–H groups in total. The van der Waals surface area contributed by atoms with E-state index < -0.39 is 0 Å². The largest absolute Gasteiger partial charge is 0.368 e. The predicted molar refractivity (Wildman–Crippen MR) is 56.2 cm³/mol. The number of hydrogen-bond donors (Lipinski definition) is 2. The van der Waals surface area contributed by atoms with Crippen LogP contribution in [-0.2, 0) is 0 Å². The summed E-state index contributed by atoms with van der Waals surface area (Å²) in [5.74, 6) is 0.0787. The molecule has 6 heteroatoms. The van der Waals surface area contributed by atoms with Crippen LogP contribution in [-0.4, -0.2) is 36.1 Å². The Balaban J connectivity index is 2.33. The normalized spacial score (nSPS) is 16.8. The Morgan fingerprint density at radius 1 is 1.33 bits per heavy atom. The molecule has 2 rings (SSSR count). The second kappa shape index (κ2) is 3.98. The predicted octanol–water partition coefficient (Wildman–Crippen LogP) is -0.0841. The van der Waals surface area contributed by atoms with Crippen molar-refractivity contribution in [1.82, 2.24) is 15.3 Å². The Bertz CT molecular complexity index is 362. The summed E-state index contributed by atoms with van der Waals surface area (Å²) in [6, 6.07) is 0. The van der Waals surface area contributed by atoms with Crippen molar-refractivity contribution >= 4 is 11.8 Å². The van der Waals surface area contributed by atoms with Crippen LogP contribution in [0.15, 0.2) is 0 Å². The summed E-state index contributed by atoms with van der Waals surface area (Å²) in [5.41, 5.74) is 5.81. The lowest BCUT2D eigenvalue weighted by Gasteiger charge is -2.28. The molecular formula is C9H14FN5. The van der Waals surface area contributed by atoms with Crippen LogP contribution in [0.5, 0.6) is 0 Å². The van der Waals surface area contributed by atoms with Gasteiger partial charge in [0.25, 0.3) is 0 Å². The Morgan fingerprint density at radius 3 is 2.67 bits per heavy atom. The summed E-state index contributed by atoms with van der Waals surface area (Å²) < 4.78 is 13.7. The van der Waals surface area contributed by atoms with Crippen molar-refractivity contribution in [2.24, 2.45) is 0 Å². The number of aromatic nitrogens is 2. The first kappa shape index (κ1) is 10.1. The molecule has 0 spiro atoms. The van der Waals surface area contributed by atoms with Crippen molar-refractivity contribution < 1.29 is 4.39 Å². The van der Waals surface area contributed by atoms with Crippen LogP contribution in [0.3, 0.4) is 0 Å². The number of nitrogens with two attached hydrogens (primary N) is 1. The molecule has 1 fully saturated rings. The van der Waals surface area contributed by atoms with Gasteiger partial charge in [-0.3, -0.25) is 0 Å². The van der Waals surface area contributed by atoms with E-state index in [1.54, 1.807) is 6.92 Å². The van der Waals surface area contributed by atoms with Crippen LogP contribution in [0.2, 0.25) is 0 Å². The van der Waals surface area contributed by atoms with Gasteiger partial charge in [-0.2, -0.15) is 4.98 Å². The number of piperazine rings is 1. The molecule has 82 valence electrons. The molecule has 1 aromatic heterocycles. The number of halogens is 1. The number of nitrogens with zero attached hydrogens (tertiary/aromatic N) is 3. The smallest absolute Gasteiger partial charge is 0.222 e. The fraction of sp³-hybridized carbons (Fsp3) is 0.556. The number of rotatable bonds is 1. The van der Waals surface area contributed by atoms with E-state index in [9.17, 15) is 4.39 Å². The summed E-state index contributed by atoms with van der Waals surface area (Å²) >= 11 is 0. The van der Waals surface area contributed by atoms with Gasteiger partial charge >= 0.3 is 0 Å². The molecule has 0 saturated carbocycles. The van der Waals surface area contributed by atoms with Crippen molar-refractivity contribution in [2.75, 3.05) is 36.8 Å². The minimum absolute atomic E-state index is 0.127. The first-order valence-corrected chi connectivity index (χ1v) is 4.94. The third-order valence-electron chi connectivity index (χ3n) is 2.43.